The molecule has 2 rings (SSSR count). The van der Waals surface area contributed by atoms with Gasteiger partial charge in [0.15, 0.2) is 0 Å². The monoisotopic (exact) mass is 206 g/mol. The Labute approximate surface area is 85.7 Å². The van der Waals surface area contributed by atoms with Crippen LogP contribution in [0.25, 0.3) is 10.8 Å². The van der Waals surface area contributed by atoms with Gasteiger partial charge in [-0.25, -0.2) is 0 Å². The van der Waals surface area contributed by atoms with Crippen LogP contribution in [0.3, 0.4) is 0 Å². The minimum atomic E-state index is -0.472. The fraction of sp³-hybridized carbons (Fsp3) is 0. The Morgan fingerprint density at radius 1 is 1.07 bits per heavy atom. The molecule has 0 saturated carbocycles. The van der Waals surface area contributed by atoms with Crippen LogP contribution in [0, 0.1) is 0 Å². The zero-order chi connectivity index (χ0) is 10.1. The van der Waals surface area contributed by atoms with Crippen molar-refractivity contribution in [1.82, 2.24) is 0 Å². The lowest BCUT2D eigenvalue weighted by Crippen LogP contribution is -1.87. The molecular formula is C11H7ClO2. The number of hydrogen-bond donors (Lipinski definition) is 1. The third-order valence-corrected chi connectivity index (χ3v) is 2.27. The molecule has 0 heterocycles. The Bertz CT molecular complexity index is 506. The van der Waals surface area contributed by atoms with E-state index in [2.05, 4.69) is 0 Å². The van der Waals surface area contributed by atoms with E-state index < -0.39 is 5.24 Å². The fourth-order valence-corrected chi connectivity index (χ4v) is 1.47. The first-order chi connectivity index (χ1) is 6.66. The van der Waals surface area contributed by atoms with Crippen molar-refractivity contribution in [3.63, 3.8) is 0 Å². The first kappa shape index (κ1) is 9.03. The molecule has 0 fully saturated rings. The van der Waals surface area contributed by atoms with Gasteiger partial charge in [-0.15, -0.1) is 0 Å². The summed E-state index contributed by atoms with van der Waals surface area (Å²) >= 11 is 5.35. The zero-order valence-corrected chi connectivity index (χ0v) is 7.95. The van der Waals surface area contributed by atoms with Crippen molar-refractivity contribution in [3.05, 3.63) is 42.0 Å². The van der Waals surface area contributed by atoms with Gasteiger partial charge >= 0.3 is 0 Å². The predicted molar refractivity (Wildman–Crippen MR) is 55.8 cm³/mol. The van der Waals surface area contributed by atoms with Crippen LogP contribution < -0.4 is 0 Å². The van der Waals surface area contributed by atoms with Gasteiger partial charge in [0.2, 0.25) is 0 Å². The predicted octanol–water partition coefficient (Wildman–Crippen LogP) is 2.92. The molecule has 14 heavy (non-hydrogen) atoms. The number of aromatic hydroxyl groups is 1. The van der Waals surface area contributed by atoms with Gasteiger partial charge < -0.3 is 5.11 Å². The summed E-state index contributed by atoms with van der Waals surface area (Å²) in [6.45, 7) is 0. The van der Waals surface area contributed by atoms with Crippen LogP contribution in [0.2, 0.25) is 0 Å². The fourth-order valence-electron chi connectivity index (χ4n) is 1.36. The Kier molecular flexibility index (Phi) is 2.14. The molecule has 0 amide bonds. The molecule has 0 aliphatic rings. The maximum absolute atomic E-state index is 10.9. The van der Waals surface area contributed by atoms with E-state index in [1.54, 1.807) is 36.4 Å². The van der Waals surface area contributed by atoms with Crippen LogP contribution in [-0.2, 0) is 0 Å². The van der Waals surface area contributed by atoms with E-state index in [0.717, 1.165) is 10.8 Å². The normalized spacial score (nSPS) is 10.4. The molecular weight excluding hydrogens is 200 g/mol. The molecule has 1 N–H and O–H groups in total. The molecule has 3 heteroatoms. The van der Waals surface area contributed by atoms with Crippen LogP contribution in [0.15, 0.2) is 36.4 Å². The van der Waals surface area contributed by atoms with Gasteiger partial charge in [-0.1, -0.05) is 12.1 Å². The van der Waals surface area contributed by atoms with Gasteiger partial charge in [0.1, 0.15) is 5.75 Å². The lowest BCUT2D eigenvalue weighted by atomic mass is 10.1. The SMILES string of the molecule is O=C(Cl)c1ccc2cc(O)ccc2c1. The number of benzene rings is 2. The molecule has 0 radical (unpaired) electrons. The van der Waals surface area contributed by atoms with E-state index in [-0.39, 0.29) is 5.75 Å². The third kappa shape index (κ3) is 1.56. The van der Waals surface area contributed by atoms with Gasteiger partial charge in [-0.2, -0.15) is 0 Å². The quantitative estimate of drug-likeness (QED) is 0.729. The van der Waals surface area contributed by atoms with Gasteiger partial charge in [-0.05, 0) is 46.6 Å². The van der Waals surface area contributed by atoms with Crippen LogP contribution in [0.5, 0.6) is 5.75 Å². The Hall–Kier alpha value is -1.54. The van der Waals surface area contributed by atoms with Crippen LogP contribution in [-0.4, -0.2) is 10.3 Å². The summed E-state index contributed by atoms with van der Waals surface area (Å²) in [7, 11) is 0. The van der Waals surface area contributed by atoms with Crippen molar-refractivity contribution in [2.24, 2.45) is 0 Å². The van der Waals surface area contributed by atoms with Crippen LogP contribution in [0.4, 0.5) is 0 Å². The van der Waals surface area contributed by atoms with Crippen LogP contribution in [0.1, 0.15) is 10.4 Å². The highest BCUT2D eigenvalue weighted by Gasteiger charge is 2.02. The van der Waals surface area contributed by atoms with Gasteiger partial charge in [-0.3, -0.25) is 4.79 Å². The summed E-state index contributed by atoms with van der Waals surface area (Å²) in [5.41, 5.74) is 0.463. The van der Waals surface area contributed by atoms with E-state index >= 15 is 0 Å². The number of halogens is 1. The molecule has 0 aliphatic heterocycles. The first-order valence-electron chi connectivity index (χ1n) is 4.09. The second kappa shape index (κ2) is 3.31. The maximum atomic E-state index is 10.9. The minimum Gasteiger partial charge on any atom is -0.508 e. The van der Waals surface area contributed by atoms with E-state index in [4.69, 9.17) is 11.6 Å². The largest absolute Gasteiger partial charge is 0.508 e. The maximum Gasteiger partial charge on any atom is 0.252 e. The van der Waals surface area contributed by atoms with Crippen molar-refractivity contribution in [3.8, 4) is 5.75 Å². The van der Waals surface area contributed by atoms with E-state index in [9.17, 15) is 9.90 Å². The minimum absolute atomic E-state index is 0.211. The van der Waals surface area contributed by atoms with Crippen molar-refractivity contribution in [2.75, 3.05) is 0 Å². The second-order valence-electron chi connectivity index (χ2n) is 3.02. The number of phenols is 1. The molecule has 0 unspecified atom stereocenters. The molecule has 0 aliphatic carbocycles. The number of fused-ring (bicyclic) bond motifs is 1. The Morgan fingerprint density at radius 2 is 1.71 bits per heavy atom. The highest BCUT2D eigenvalue weighted by Crippen LogP contribution is 2.21. The van der Waals surface area contributed by atoms with E-state index in [0.29, 0.717) is 5.56 Å². The van der Waals surface area contributed by atoms with E-state index in [1.807, 2.05) is 0 Å². The van der Waals surface area contributed by atoms with Gasteiger partial charge in [0.05, 0.1) is 0 Å². The number of carbonyl (C=O) groups excluding carboxylic acids is 1. The topological polar surface area (TPSA) is 37.3 Å². The Morgan fingerprint density at radius 3 is 2.43 bits per heavy atom. The molecule has 0 aromatic heterocycles. The second-order valence-corrected chi connectivity index (χ2v) is 3.36. The molecule has 70 valence electrons. The average Bonchev–Trinajstić information content (AvgIpc) is 2.16. The summed E-state index contributed by atoms with van der Waals surface area (Å²) in [5.74, 6) is 0.211. The van der Waals surface area contributed by atoms with E-state index in [1.165, 1.54) is 0 Å². The molecule has 0 bridgehead atoms. The molecule has 2 nitrogen and oxygen atoms in total. The summed E-state index contributed by atoms with van der Waals surface area (Å²) in [4.78, 5) is 10.9. The van der Waals surface area contributed by atoms with Crippen molar-refractivity contribution < 1.29 is 9.90 Å². The van der Waals surface area contributed by atoms with Crippen molar-refractivity contribution in [1.29, 1.82) is 0 Å². The summed E-state index contributed by atoms with van der Waals surface area (Å²) in [5, 5.41) is 10.5. The standard InChI is InChI=1S/C11H7ClO2/c12-11(14)9-2-1-8-6-10(13)4-3-7(8)5-9/h1-6,13H. The van der Waals surface area contributed by atoms with Crippen molar-refractivity contribution >= 4 is 27.6 Å². The van der Waals surface area contributed by atoms with Gasteiger partial charge in [0, 0.05) is 5.56 Å². The molecule has 0 atom stereocenters. The van der Waals surface area contributed by atoms with Gasteiger partial charge in [0.25, 0.3) is 5.24 Å². The number of hydrogen-bond acceptors (Lipinski definition) is 2. The average molecular weight is 207 g/mol. The number of rotatable bonds is 1. The first-order valence-corrected chi connectivity index (χ1v) is 4.47. The Balaban J connectivity index is 2.67. The highest BCUT2D eigenvalue weighted by atomic mass is 35.5. The summed E-state index contributed by atoms with van der Waals surface area (Å²) in [6, 6.07) is 10.0. The molecule has 0 spiro atoms. The summed E-state index contributed by atoms with van der Waals surface area (Å²) < 4.78 is 0. The zero-order valence-electron chi connectivity index (χ0n) is 7.20. The lowest BCUT2D eigenvalue weighted by Gasteiger charge is -2.00. The van der Waals surface area contributed by atoms with Crippen LogP contribution >= 0.6 is 11.6 Å². The number of carbonyl (C=O) groups is 1. The molecule has 2 aromatic rings. The molecule has 2 aromatic carbocycles. The number of phenolic OH excluding ortho intramolecular Hbond substituents is 1. The summed E-state index contributed by atoms with van der Waals surface area (Å²) in [6.07, 6.45) is 0. The highest BCUT2D eigenvalue weighted by molar-refractivity contribution is 6.67. The lowest BCUT2D eigenvalue weighted by molar-refractivity contribution is 0.108. The smallest absolute Gasteiger partial charge is 0.252 e. The third-order valence-electron chi connectivity index (χ3n) is 2.05. The molecule has 0 saturated heterocycles. The van der Waals surface area contributed by atoms with Crippen molar-refractivity contribution in [2.45, 2.75) is 0 Å².